The average molecular weight is 404 g/mol. The molecule has 0 aliphatic carbocycles. The Morgan fingerprint density at radius 2 is 1.96 bits per heavy atom. The smallest absolute Gasteiger partial charge is 0.238 e. The number of amides is 1. The van der Waals surface area contributed by atoms with E-state index in [1.807, 2.05) is 43.1 Å². The number of hydrogen-bond donors (Lipinski definition) is 1. The first-order valence-electron chi connectivity index (χ1n) is 8.34. The van der Waals surface area contributed by atoms with E-state index in [0.29, 0.717) is 15.7 Å². The van der Waals surface area contributed by atoms with Gasteiger partial charge in [-0.2, -0.15) is 5.10 Å². The van der Waals surface area contributed by atoms with Crippen LogP contribution in [-0.2, 0) is 4.79 Å². The van der Waals surface area contributed by atoms with Crippen LogP contribution in [0, 0.1) is 0 Å². The Hall–Kier alpha value is -2.41. The van der Waals surface area contributed by atoms with Gasteiger partial charge in [0.15, 0.2) is 0 Å². The van der Waals surface area contributed by atoms with Crippen molar-refractivity contribution in [2.75, 3.05) is 18.9 Å². The maximum absolute atomic E-state index is 12.3. The molecule has 27 heavy (non-hydrogen) atoms. The molecule has 8 heteroatoms. The highest BCUT2D eigenvalue weighted by molar-refractivity contribution is 6.36. The molecule has 0 fully saturated rings. The van der Waals surface area contributed by atoms with E-state index in [4.69, 9.17) is 23.2 Å². The summed E-state index contributed by atoms with van der Waals surface area (Å²) in [6, 6.07) is 13.0. The second kappa shape index (κ2) is 8.52. The van der Waals surface area contributed by atoms with Gasteiger partial charge in [0.05, 0.1) is 22.9 Å². The Morgan fingerprint density at radius 3 is 2.59 bits per heavy atom. The minimum atomic E-state index is -0.146. The first-order chi connectivity index (χ1) is 12.9. The van der Waals surface area contributed by atoms with Crippen molar-refractivity contribution in [3.8, 4) is 5.69 Å². The third-order valence-electron chi connectivity index (χ3n) is 4.32. The van der Waals surface area contributed by atoms with Crippen LogP contribution in [0.4, 0.5) is 5.69 Å². The highest BCUT2D eigenvalue weighted by Gasteiger charge is 2.16. The lowest BCUT2D eigenvalue weighted by atomic mass is 10.1. The van der Waals surface area contributed by atoms with E-state index in [1.54, 1.807) is 29.2 Å². The molecule has 3 rings (SSSR count). The quantitative estimate of drug-likeness (QED) is 0.669. The SMILES string of the molecule is C[C@H](c1ccc(-n2cncn2)cc1)N(C)CC(=O)Nc1ccc(Cl)cc1Cl. The van der Waals surface area contributed by atoms with Gasteiger partial charge in [0.25, 0.3) is 0 Å². The maximum Gasteiger partial charge on any atom is 0.238 e. The van der Waals surface area contributed by atoms with E-state index >= 15 is 0 Å². The second-order valence-corrected chi connectivity index (χ2v) is 7.04. The van der Waals surface area contributed by atoms with E-state index in [9.17, 15) is 4.79 Å². The fourth-order valence-electron chi connectivity index (χ4n) is 2.65. The number of carbonyl (C=O) groups excluding carboxylic acids is 1. The van der Waals surface area contributed by atoms with Gasteiger partial charge in [-0.3, -0.25) is 9.69 Å². The molecule has 3 aromatic rings. The largest absolute Gasteiger partial charge is 0.324 e. The molecule has 1 aromatic heterocycles. The minimum Gasteiger partial charge on any atom is -0.324 e. The van der Waals surface area contributed by atoms with Crippen LogP contribution in [0.25, 0.3) is 5.69 Å². The van der Waals surface area contributed by atoms with Gasteiger partial charge in [-0.15, -0.1) is 0 Å². The monoisotopic (exact) mass is 403 g/mol. The second-order valence-electron chi connectivity index (χ2n) is 6.20. The predicted octanol–water partition coefficient (Wildman–Crippen LogP) is 4.21. The van der Waals surface area contributed by atoms with Crippen molar-refractivity contribution in [1.29, 1.82) is 0 Å². The van der Waals surface area contributed by atoms with Gasteiger partial charge in [-0.1, -0.05) is 35.3 Å². The number of aromatic nitrogens is 3. The molecule has 6 nitrogen and oxygen atoms in total. The number of nitrogens with one attached hydrogen (secondary N) is 1. The predicted molar refractivity (Wildman–Crippen MR) is 107 cm³/mol. The average Bonchev–Trinajstić information content (AvgIpc) is 3.18. The Morgan fingerprint density at radius 1 is 1.22 bits per heavy atom. The molecule has 0 aliphatic rings. The number of likely N-dealkylation sites (N-methyl/N-ethyl adjacent to an activating group) is 1. The Balaban J connectivity index is 1.61. The summed E-state index contributed by atoms with van der Waals surface area (Å²) in [5.41, 5.74) is 2.57. The zero-order chi connectivity index (χ0) is 19.4. The molecular weight excluding hydrogens is 385 g/mol. The number of rotatable bonds is 6. The summed E-state index contributed by atoms with van der Waals surface area (Å²) in [5, 5.41) is 7.86. The number of anilines is 1. The number of hydrogen-bond acceptors (Lipinski definition) is 4. The molecule has 1 atom stereocenters. The highest BCUT2D eigenvalue weighted by Crippen LogP contribution is 2.25. The molecule has 0 radical (unpaired) electrons. The van der Waals surface area contributed by atoms with E-state index in [-0.39, 0.29) is 18.5 Å². The summed E-state index contributed by atoms with van der Waals surface area (Å²) in [5.74, 6) is -0.146. The van der Waals surface area contributed by atoms with Gasteiger partial charge in [0.1, 0.15) is 12.7 Å². The molecule has 1 N–H and O–H groups in total. The summed E-state index contributed by atoms with van der Waals surface area (Å²) < 4.78 is 1.70. The molecule has 0 aliphatic heterocycles. The molecular formula is C19H19Cl2N5O. The highest BCUT2D eigenvalue weighted by atomic mass is 35.5. The van der Waals surface area contributed by atoms with Crippen LogP contribution in [0.1, 0.15) is 18.5 Å². The van der Waals surface area contributed by atoms with Crippen LogP contribution in [0.15, 0.2) is 55.1 Å². The Bertz CT molecular complexity index is 912. The standard InChI is InChI=1S/C19H19Cl2N5O/c1-13(14-3-6-16(7-4-14)26-12-22-11-23-26)25(2)10-19(27)24-18-8-5-15(20)9-17(18)21/h3-9,11-13H,10H2,1-2H3,(H,24,27)/t13-/m1/s1. The lowest BCUT2D eigenvalue weighted by Gasteiger charge is -2.24. The van der Waals surface area contributed by atoms with Crippen molar-refractivity contribution in [3.63, 3.8) is 0 Å². The fourth-order valence-corrected chi connectivity index (χ4v) is 3.10. The van der Waals surface area contributed by atoms with Crippen molar-refractivity contribution < 1.29 is 4.79 Å². The molecule has 0 bridgehead atoms. The van der Waals surface area contributed by atoms with Gasteiger partial charge in [-0.25, -0.2) is 9.67 Å². The molecule has 0 spiro atoms. The lowest BCUT2D eigenvalue weighted by molar-refractivity contribution is -0.117. The summed E-state index contributed by atoms with van der Waals surface area (Å²) in [6.07, 6.45) is 3.15. The third kappa shape index (κ3) is 4.86. The van der Waals surface area contributed by atoms with E-state index in [0.717, 1.165) is 11.3 Å². The van der Waals surface area contributed by atoms with Crippen LogP contribution < -0.4 is 5.32 Å². The van der Waals surface area contributed by atoms with Crippen LogP contribution in [0.3, 0.4) is 0 Å². The van der Waals surface area contributed by atoms with Gasteiger partial charge < -0.3 is 5.32 Å². The summed E-state index contributed by atoms with van der Waals surface area (Å²) in [7, 11) is 1.90. The van der Waals surface area contributed by atoms with Crippen molar-refractivity contribution in [2.45, 2.75) is 13.0 Å². The van der Waals surface area contributed by atoms with Crippen molar-refractivity contribution in [3.05, 3.63) is 70.7 Å². The molecule has 1 amide bonds. The number of benzene rings is 2. The van der Waals surface area contributed by atoms with Crippen molar-refractivity contribution in [1.82, 2.24) is 19.7 Å². The van der Waals surface area contributed by atoms with Crippen LogP contribution in [0.2, 0.25) is 10.0 Å². The van der Waals surface area contributed by atoms with E-state index in [1.165, 1.54) is 6.33 Å². The minimum absolute atomic E-state index is 0.0567. The Kier molecular flexibility index (Phi) is 6.11. The summed E-state index contributed by atoms with van der Waals surface area (Å²) in [6.45, 7) is 2.28. The first-order valence-corrected chi connectivity index (χ1v) is 9.10. The zero-order valence-corrected chi connectivity index (χ0v) is 16.4. The lowest BCUT2D eigenvalue weighted by Crippen LogP contribution is -2.32. The normalized spacial score (nSPS) is 12.2. The van der Waals surface area contributed by atoms with Crippen molar-refractivity contribution in [2.24, 2.45) is 0 Å². The van der Waals surface area contributed by atoms with E-state index < -0.39 is 0 Å². The van der Waals surface area contributed by atoms with Crippen LogP contribution in [0.5, 0.6) is 0 Å². The molecule has 1 heterocycles. The number of halogens is 2. The van der Waals surface area contributed by atoms with Gasteiger partial charge in [0, 0.05) is 11.1 Å². The van der Waals surface area contributed by atoms with Crippen LogP contribution in [-0.4, -0.2) is 39.2 Å². The third-order valence-corrected chi connectivity index (χ3v) is 4.87. The number of nitrogens with zero attached hydrogens (tertiary/aromatic N) is 4. The van der Waals surface area contributed by atoms with Crippen molar-refractivity contribution >= 4 is 34.8 Å². The van der Waals surface area contributed by atoms with Crippen LogP contribution >= 0.6 is 23.2 Å². The summed E-state index contributed by atoms with van der Waals surface area (Å²) in [4.78, 5) is 18.2. The maximum atomic E-state index is 12.3. The Labute approximate surface area is 167 Å². The fraction of sp³-hybridized carbons (Fsp3) is 0.211. The molecule has 0 saturated carbocycles. The first kappa shape index (κ1) is 19.4. The number of carbonyl (C=O) groups is 1. The molecule has 0 unspecified atom stereocenters. The zero-order valence-electron chi connectivity index (χ0n) is 14.9. The summed E-state index contributed by atoms with van der Waals surface area (Å²) >= 11 is 12.0. The van der Waals surface area contributed by atoms with Gasteiger partial charge >= 0.3 is 0 Å². The van der Waals surface area contributed by atoms with Gasteiger partial charge in [0.2, 0.25) is 5.91 Å². The molecule has 140 valence electrons. The van der Waals surface area contributed by atoms with Gasteiger partial charge in [-0.05, 0) is 49.9 Å². The molecule has 0 saturated heterocycles. The molecule has 2 aromatic carbocycles. The van der Waals surface area contributed by atoms with E-state index in [2.05, 4.69) is 15.4 Å². The topological polar surface area (TPSA) is 63.1 Å².